The number of esters is 1. The first-order valence-electron chi connectivity index (χ1n) is 6.22. The Bertz CT molecular complexity index is 480. The lowest BCUT2D eigenvalue weighted by Gasteiger charge is -2.13. The van der Waals surface area contributed by atoms with Crippen molar-refractivity contribution in [1.29, 1.82) is 0 Å². The molecule has 20 heavy (non-hydrogen) atoms. The monoisotopic (exact) mass is 280 g/mol. The van der Waals surface area contributed by atoms with Gasteiger partial charge in [-0.25, -0.2) is 4.79 Å². The van der Waals surface area contributed by atoms with Crippen LogP contribution >= 0.6 is 0 Å². The second kappa shape index (κ2) is 7.43. The van der Waals surface area contributed by atoms with Gasteiger partial charge in [0.25, 0.3) is 0 Å². The zero-order chi connectivity index (χ0) is 15.1. The van der Waals surface area contributed by atoms with Crippen molar-refractivity contribution < 1.29 is 23.7 Å². The van der Waals surface area contributed by atoms with Crippen LogP contribution in [0.4, 0.5) is 0 Å². The third-order valence-electron chi connectivity index (χ3n) is 2.67. The van der Waals surface area contributed by atoms with Gasteiger partial charge in [-0.05, 0) is 37.6 Å². The predicted octanol–water partition coefficient (Wildman–Crippen LogP) is 2.68. The van der Waals surface area contributed by atoms with Crippen molar-refractivity contribution >= 4 is 12.0 Å². The molecule has 0 amide bonds. The van der Waals surface area contributed by atoms with Crippen LogP contribution in [0.2, 0.25) is 0 Å². The number of carbonyl (C=O) groups excluding carboxylic acids is 1. The first kappa shape index (κ1) is 15.9. The number of methoxy groups -OCH3 is 3. The molecule has 1 aromatic rings. The van der Waals surface area contributed by atoms with Crippen molar-refractivity contribution in [2.45, 2.75) is 13.8 Å². The molecule has 0 aliphatic carbocycles. The molecular formula is C15H20O5. The summed E-state index contributed by atoms with van der Waals surface area (Å²) in [6.45, 7) is 3.81. The van der Waals surface area contributed by atoms with Crippen LogP contribution in [0.25, 0.3) is 6.08 Å². The van der Waals surface area contributed by atoms with E-state index < -0.39 is 0 Å². The summed E-state index contributed by atoms with van der Waals surface area (Å²) in [5.41, 5.74) is 1.27. The molecule has 5 nitrogen and oxygen atoms in total. The zero-order valence-corrected chi connectivity index (χ0v) is 12.5. The summed E-state index contributed by atoms with van der Waals surface area (Å²) in [7, 11) is 4.63. The van der Waals surface area contributed by atoms with Crippen LogP contribution in [0.3, 0.4) is 0 Å². The summed E-state index contributed by atoms with van der Waals surface area (Å²) in [4.78, 5) is 11.6. The highest BCUT2D eigenvalue weighted by atomic mass is 16.5. The third-order valence-corrected chi connectivity index (χ3v) is 2.67. The van der Waals surface area contributed by atoms with E-state index in [1.165, 1.54) is 0 Å². The summed E-state index contributed by atoms with van der Waals surface area (Å²) in [5.74, 6) is 1.24. The van der Waals surface area contributed by atoms with E-state index in [2.05, 4.69) is 0 Å². The van der Waals surface area contributed by atoms with Gasteiger partial charge >= 0.3 is 5.97 Å². The van der Waals surface area contributed by atoms with E-state index in [4.69, 9.17) is 18.9 Å². The SMILES string of the molecule is CCOC(=O)C(C)=Cc1cc(OC)c(OC)c(OC)c1. The minimum atomic E-state index is -0.346. The topological polar surface area (TPSA) is 54.0 Å². The minimum absolute atomic E-state index is 0.346. The van der Waals surface area contributed by atoms with Gasteiger partial charge in [-0.2, -0.15) is 0 Å². The van der Waals surface area contributed by atoms with Gasteiger partial charge in [0.2, 0.25) is 5.75 Å². The van der Waals surface area contributed by atoms with E-state index in [9.17, 15) is 4.79 Å². The molecule has 0 radical (unpaired) electrons. The van der Waals surface area contributed by atoms with Crippen LogP contribution in [-0.4, -0.2) is 33.9 Å². The Morgan fingerprint density at radius 1 is 1.10 bits per heavy atom. The minimum Gasteiger partial charge on any atom is -0.493 e. The Labute approximate surface area is 119 Å². The number of carbonyl (C=O) groups is 1. The number of hydrogen-bond donors (Lipinski definition) is 0. The molecule has 0 saturated carbocycles. The highest BCUT2D eigenvalue weighted by Crippen LogP contribution is 2.38. The maximum atomic E-state index is 11.6. The quantitative estimate of drug-likeness (QED) is 0.592. The van der Waals surface area contributed by atoms with Gasteiger partial charge in [0, 0.05) is 5.57 Å². The third kappa shape index (κ3) is 3.66. The van der Waals surface area contributed by atoms with E-state index >= 15 is 0 Å². The normalized spacial score (nSPS) is 10.9. The van der Waals surface area contributed by atoms with Crippen LogP contribution in [-0.2, 0) is 9.53 Å². The molecular weight excluding hydrogens is 260 g/mol. The zero-order valence-electron chi connectivity index (χ0n) is 12.5. The Morgan fingerprint density at radius 3 is 2.05 bits per heavy atom. The number of ether oxygens (including phenoxy) is 4. The summed E-state index contributed by atoms with van der Waals surface area (Å²) >= 11 is 0. The maximum Gasteiger partial charge on any atom is 0.333 e. The number of rotatable bonds is 6. The number of hydrogen-bond acceptors (Lipinski definition) is 5. The molecule has 0 fully saturated rings. The second-order valence-corrected chi connectivity index (χ2v) is 4.01. The van der Waals surface area contributed by atoms with Gasteiger partial charge in [0.1, 0.15) is 0 Å². The highest BCUT2D eigenvalue weighted by molar-refractivity contribution is 5.93. The smallest absolute Gasteiger partial charge is 0.333 e. The molecule has 0 heterocycles. The van der Waals surface area contributed by atoms with E-state index in [1.54, 1.807) is 53.4 Å². The van der Waals surface area contributed by atoms with E-state index in [0.29, 0.717) is 29.4 Å². The summed E-state index contributed by atoms with van der Waals surface area (Å²) in [6.07, 6.45) is 1.71. The maximum absolute atomic E-state index is 11.6. The van der Waals surface area contributed by atoms with Crippen LogP contribution in [0.5, 0.6) is 17.2 Å². The van der Waals surface area contributed by atoms with Crippen molar-refractivity contribution in [3.05, 3.63) is 23.3 Å². The molecule has 0 aromatic heterocycles. The molecule has 1 rings (SSSR count). The fraction of sp³-hybridized carbons (Fsp3) is 0.400. The molecule has 0 bridgehead atoms. The lowest BCUT2D eigenvalue weighted by Crippen LogP contribution is -2.04. The first-order valence-corrected chi connectivity index (χ1v) is 6.22. The van der Waals surface area contributed by atoms with Crippen LogP contribution in [0, 0.1) is 0 Å². The van der Waals surface area contributed by atoms with Crippen molar-refractivity contribution in [1.82, 2.24) is 0 Å². The molecule has 0 aliphatic rings. The van der Waals surface area contributed by atoms with Crippen molar-refractivity contribution in [2.24, 2.45) is 0 Å². The molecule has 0 saturated heterocycles. The fourth-order valence-corrected chi connectivity index (χ4v) is 1.74. The van der Waals surface area contributed by atoms with E-state index in [-0.39, 0.29) is 5.97 Å². The van der Waals surface area contributed by atoms with Gasteiger partial charge < -0.3 is 18.9 Å². The molecule has 0 atom stereocenters. The van der Waals surface area contributed by atoms with Crippen molar-refractivity contribution in [3.63, 3.8) is 0 Å². The van der Waals surface area contributed by atoms with Crippen molar-refractivity contribution in [3.8, 4) is 17.2 Å². The van der Waals surface area contributed by atoms with E-state index in [1.807, 2.05) is 0 Å². The molecule has 0 N–H and O–H groups in total. The van der Waals surface area contributed by atoms with Gasteiger partial charge in [0.15, 0.2) is 11.5 Å². The average Bonchev–Trinajstić information content (AvgIpc) is 2.46. The van der Waals surface area contributed by atoms with Gasteiger partial charge in [-0.1, -0.05) is 0 Å². The van der Waals surface area contributed by atoms with Crippen LogP contribution < -0.4 is 14.2 Å². The number of benzene rings is 1. The Balaban J connectivity index is 3.19. The molecule has 0 spiro atoms. The van der Waals surface area contributed by atoms with Gasteiger partial charge in [-0.15, -0.1) is 0 Å². The lowest BCUT2D eigenvalue weighted by atomic mass is 10.1. The molecule has 0 aliphatic heterocycles. The highest BCUT2D eigenvalue weighted by Gasteiger charge is 2.13. The Morgan fingerprint density at radius 2 is 1.65 bits per heavy atom. The largest absolute Gasteiger partial charge is 0.493 e. The van der Waals surface area contributed by atoms with Crippen LogP contribution in [0.15, 0.2) is 17.7 Å². The summed E-state index contributed by atoms with van der Waals surface area (Å²) in [6, 6.07) is 3.54. The molecule has 0 unspecified atom stereocenters. The summed E-state index contributed by atoms with van der Waals surface area (Å²) < 4.78 is 20.7. The standard InChI is InChI=1S/C15H20O5/c1-6-20-15(16)10(2)7-11-8-12(17-3)14(19-5)13(9-11)18-4/h7-9H,6H2,1-5H3. The molecule has 110 valence electrons. The van der Waals surface area contributed by atoms with Gasteiger partial charge in [0.05, 0.1) is 27.9 Å². The van der Waals surface area contributed by atoms with E-state index in [0.717, 1.165) is 5.56 Å². The first-order chi connectivity index (χ1) is 9.57. The summed E-state index contributed by atoms with van der Waals surface area (Å²) in [5, 5.41) is 0. The second-order valence-electron chi connectivity index (χ2n) is 4.01. The molecule has 1 aromatic carbocycles. The Kier molecular flexibility index (Phi) is 5.90. The predicted molar refractivity (Wildman–Crippen MR) is 76.4 cm³/mol. The Hall–Kier alpha value is -2.17. The molecule has 5 heteroatoms. The van der Waals surface area contributed by atoms with Crippen LogP contribution in [0.1, 0.15) is 19.4 Å². The fourth-order valence-electron chi connectivity index (χ4n) is 1.74. The van der Waals surface area contributed by atoms with Crippen molar-refractivity contribution in [2.75, 3.05) is 27.9 Å². The average molecular weight is 280 g/mol. The van der Waals surface area contributed by atoms with Gasteiger partial charge in [-0.3, -0.25) is 0 Å². The lowest BCUT2D eigenvalue weighted by molar-refractivity contribution is -0.138.